The Bertz CT molecular complexity index is 360. The monoisotopic (exact) mass is 194 g/mol. The van der Waals surface area contributed by atoms with Crippen LogP contribution in [0.1, 0.15) is 5.56 Å². The van der Waals surface area contributed by atoms with Gasteiger partial charge < -0.3 is 9.64 Å². The molecule has 0 bridgehead atoms. The summed E-state index contributed by atoms with van der Waals surface area (Å²) in [5.41, 5.74) is 0.663. The van der Waals surface area contributed by atoms with Crippen molar-refractivity contribution in [2.45, 2.75) is 6.54 Å². The predicted octanol–water partition coefficient (Wildman–Crippen LogP) is 1.75. The van der Waals surface area contributed by atoms with Crippen LogP contribution in [-0.4, -0.2) is 19.1 Å². The first-order valence-corrected chi connectivity index (χ1v) is 4.10. The third-order valence-corrected chi connectivity index (χ3v) is 1.82. The Morgan fingerprint density at radius 3 is 2.86 bits per heavy atom. The van der Waals surface area contributed by atoms with E-state index in [-0.39, 0.29) is 5.82 Å². The number of hydrogen-bond donors (Lipinski definition) is 0. The molecule has 0 unspecified atom stereocenters. The molecule has 0 saturated heterocycles. The van der Waals surface area contributed by atoms with E-state index in [2.05, 4.69) is 0 Å². The standard InChI is InChI=1S/C10H11FN2O/c1-13(7-12)6-8-5-9(11)3-4-10(8)14-2/h3-5H,6H2,1-2H3. The molecule has 0 aliphatic carbocycles. The average Bonchev–Trinajstić information content (AvgIpc) is 2.18. The first-order chi connectivity index (χ1) is 6.67. The van der Waals surface area contributed by atoms with Crippen molar-refractivity contribution >= 4 is 0 Å². The van der Waals surface area contributed by atoms with Gasteiger partial charge in [-0.25, -0.2) is 4.39 Å². The molecule has 0 aliphatic heterocycles. The van der Waals surface area contributed by atoms with E-state index in [1.807, 2.05) is 6.19 Å². The van der Waals surface area contributed by atoms with Crippen LogP contribution in [-0.2, 0) is 6.54 Å². The van der Waals surface area contributed by atoms with E-state index >= 15 is 0 Å². The fraction of sp³-hybridized carbons (Fsp3) is 0.300. The van der Waals surface area contributed by atoms with Crippen LogP contribution >= 0.6 is 0 Å². The van der Waals surface area contributed by atoms with Gasteiger partial charge >= 0.3 is 0 Å². The molecule has 74 valence electrons. The minimum absolute atomic E-state index is 0.327. The van der Waals surface area contributed by atoms with Crippen molar-refractivity contribution in [1.82, 2.24) is 4.90 Å². The fourth-order valence-corrected chi connectivity index (χ4v) is 1.16. The third kappa shape index (κ3) is 2.36. The molecule has 14 heavy (non-hydrogen) atoms. The van der Waals surface area contributed by atoms with Crippen LogP contribution < -0.4 is 4.74 Å². The van der Waals surface area contributed by atoms with Gasteiger partial charge in [-0.05, 0) is 18.2 Å². The normalized spacial score (nSPS) is 9.29. The molecule has 1 aromatic carbocycles. The van der Waals surface area contributed by atoms with Gasteiger partial charge in [0.1, 0.15) is 11.6 Å². The molecule has 1 aromatic rings. The first kappa shape index (κ1) is 10.3. The van der Waals surface area contributed by atoms with Gasteiger partial charge in [0.05, 0.1) is 13.7 Å². The minimum Gasteiger partial charge on any atom is -0.496 e. The zero-order valence-electron chi connectivity index (χ0n) is 8.12. The van der Waals surface area contributed by atoms with E-state index in [0.717, 1.165) is 0 Å². The van der Waals surface area contributed by atoms with Gasteiger partial charge in [-0.1, -0.05) is 0 Å². The van der Waals surface area contributed by atoms with E-state index in [4.69, 9.17) is 10.00 Å². The van der Waals surface area contributed by atoms with Crippen LogP contribution in [0.4, 0.5) is 4.39 Å². The Morgan fingerprint density at radius 1 is 1.57 bits per heavy atom. The van der Waals surface area contributed by atoms with Crippen molar-refractivity contribution in [3.05, 3.63) is 29.6 Å². The van der Waals surface area contributed by atoms with E-state index in [1.165, 1.54) is 24.1 Å². The van der Waals surface area contributed by atoms with Gasteiger partial charge in [0.2, 0.25) is 0 Å². The quantitative estimate of drug-likeness (QED) is 0.543. The first-order valence-electron chi connectivity index (χ1n) is 4.10. The van der Waals surface area contributed by atoms with Crippen LogP contribution in [0.25, 0.3) is 0 Å². The lowest BCUT2D eigenvalue weighted by Crippen LogP contribution is -2.11. The maximum Gasteiger partial charge on any atom is 0.179 e. The second-order valence-corrected chi connectivity index (χ2v) is 2.91. The van der Waals surface area contributed by atoms with Crippen molar-refractivity contribution in [1.29, 1.82) is 5.26 Å². The Labute approximate surface area is 82.3 Å². The summed E-state index contributed by atoms with van der Waals surface area (Å²) in [6, 6.07) is 4.25. The molecule has 0 amide bonds. The van der Waals surface area contributed by atoms with E-state index in [0.29, 0.717) is 17.9 Å². The molecule has 0 N–H and O–H groups in total. The summed E-state index contributed by atoms with van der Waals surface area (Å²) in [5, 5.41) is 8.57. The molecule has 3 nitrogen and oxygen atoms in total. The number of rotatable bonds is 3. The zero-order chi connectivity index (χ0) is 10.6. The molecule has 4 heteroatoms. The Hall–Kier alpha value is -1.76. The summed E-state index contributed by atoms with van der Waals surface area (Å²) in [5.74, 6) is 0.264. The van der Waals surface area contributed by atoms with Gasteiger partial charge in [0, 0.05) is 12.6 Å². The van der Waals surface area contributed by atoms with E-state index < -0.39 is 0 Å². The maximum absolute atomic E-state index is 12.9. The summed E-state index contributed by atoms with van der Waals surface area (Å²) in [6.45, 7) is 0.345. The Kier molecular flexibility index (Phi) is 3.29. The highest BCUT2D eigenvalue weighted by atomic mass is 19.1. The Balaban J connectivity index is 2.94. The molecule has 0 spiro atoms. The number of nitriles is 1. The summed E-state index contributed by atoms with van der Waals surface area (Å²) in [7, 11) is 3.15. The molecule has 0 aliphatic rings. The van der Waals surface area contributed by atoms with Gasteiger partial charge in [-0.3, -0.25) is 0 Å². The van der Waals surface area contributed by atoms with E-state index in [9.17, 15) is 4.39 Å². The molecule has 0 saturated carbocycles. The molecular weight excluding hydrogens is 183 g/mol. The summed E-state index contributed by atoms with van der Waals surface area (Å²) >= 11 is 0. The van der Waals surface area contributed by atoms with Crippen molar-refractivity contribution in [3.8, 4) is 11.9 Å². The lowest BCUT2D eigenvalue weighted by molar-refractivity contribution is 0.392. The SMILES string of the molecule is COc1ccc(F)cc1CN(C)C#N. The number of ether oxygens (including phenoxy) is 1. The maximum atomic E-state index is 12.9. The second-order valence-electron chi connectivity index (χ2n) is 2.91. The van der Waals surface area contributed by atoms with Crippen molar-refractivity contribution < 1.29 is 9.13 Å². The largest absolute Gasteiger partial charge is 0.496 e. The summed E-state index contributed by atoms with van der Waals surface area (Å²) < 4.78 is 17.9. The number of halogens is 1. The van der Waals surface area contributed by atoms with Gasteiger partial charge in [0.15, 0.2) is 6.19 Å². The molecule has 0 aromatic heterocycles. The molecular formula is C10H11FN2O. The highest BCUT2D eigenvalue weighted by Crippen LogP contribution is 2.20. The molecule has 0 atom stereocenters. The smallest absolute Gasteiger partial charge is 0.179 e. The van der Waals surface area contributed by atoms with Crippen molar-refractivity contribution in [2.75, 3.05) is 14.2 Å². The minimum atomic E-state index is -0.327. The topological polar surface area (TPSA) is 36.3 Å². The molecule has 0 radical (unpaired) electrons. The number of hydrogen-bond acceptors (Lipinski definition) is 3. The van der Waals surface area contributed by atoms with Crippen LogP contribution in [0.15, 0.2) is 18.2 Å². The average molecular weight is 194 g/mol. The molecule has 0 heterocycles. The van der Waals surface area contributed by atoms with Gasteiger partial charge in [0.25, 0.3) is 0 Å². The number of nitrogens with zero attached hydrogens (tertiary/aromatic N) is 2. The third-order valence-electron chi connectivity index (χ3n) is 1.82. The number of benzene rings is 1. The van der Waals surface area contributed by atoms with Crippen LogP contribution in [0, 0.1) is 17.3 Å². The molecule has 0 fully saturated rings. The van der Waals surface area contributed by atoms with Crippen LogP contribution in [0.5, 0.6) is 5.75 Å². The Morgan fingerprint density at radius 2 is 2.29 bits per heavy atom. The highest BCUT2D eigenvalue weighted by Gasteiger charge is 2.06. The van der Waals surface area contributed by atoms with Gasteiger partial charge in [-0.15, -0.1) is 0 Å². The highest BCUT2D eigenvalue weighted by molar-refractivity contribution is 5.33. The lowest BCUT2D eigenvalue weighted by Gasteiger charge is -2.12. The number of methoxy groups -OCH3 is 1. The second kappa shape index (κ2) is 4.47. The predicted molar refractivity (Wildman–Crippen MR) is 50.0 cm³/mol. The zero-order valence-corrected chi connectivity index (χ0v) is 8.12. The summed E-state index contributed by atoms with van der Waals surface area (Å²) in [6.07, 6.45) is 1.94. The van der Waals surface area contributed by atoms with Crippen molar-refractivity contribution in [2.24, 2.45) is 0 Å². The summed E-state index contributed by atoms with van der Waals surface area (Å²) in [4.78, 5) is 1.40. The van der Waals surface area contributed by atoms with Crippen molar-refractivity contribution in [3.63, 3.8) is 0 Å². The van der Waals surface area contributed by atoms with E-state index in [1.54, 1.807) is 13.1 Å². The van der Waals surface area contributed by atoms with Crippen LogP contribution in [0.2, 0.25) is 0 Å². The van der Waals surface area contributed by atoms with Gasteiger partial charge in [-0.2, -0.15) is 5.26 Å². The molecule has 1 rings (SSSR count). The van der Waals surface area contributed by atoms with Crippen LogP contribution in [0.3, 0.4) is 0 Å². The lowest BCUT2D eigenvalue weighted by atomic mass is 10.2. The fourth-order valence-electron chi connectivity index (χ4n) is 1.16.